The lowest BCUT2D eigenvalue weighted by Gasteiger charge is -2.43. The molecular weight excluding hydrogens is 330 g/mol. The van der Waals surface area contributed by atoms with Gasteiger partial charge in [-0.3, -0.25) is 9.88 Å². The maximum Gasteiger partial charge on any atom is 0.317 e. The molecule has 1 aromatic heterocycles. The van der Waals surface area contributed by atoms with Crippen molar-refractivity contribution in [3.8, 4) is 0 Å². The second kappa shape index (κ2) is 9.30. The Morgan fingerprint density at radius 3 is 2.62 bits per heavy atom. The van der Waals surface area contributed by atoms with Crippen LogP contribution in [0.25, 0.3) is 0 Å². The topological polar surface area (TPSA) is 60.9 Å². The van der Waals surface area contributed by atoms with Crippen LogP contribution in [0.5, 0.6) is 0 Å². The third-order valence-corrected chi connectivity index (χ3v) is 5.17. The number of hydrogen-bond acceptors (Lipinski definition) is 5. The predicted octanol–water partition coefficient (Wildman–Crippen LogP) is 1.44. The quantitative estimate of drug-likeness (QED) is 0.794. The highest BCUT2D eigenvalue weighted by molar-refractivity contribution is 5.74. The minimum atomic E-state index is -0.215. The van der Waals surface area contributed by atoms with Crippen LogP contribution in [0, 0.1) is 0 Å². The third-order valence-electron chi connectivity index (χ3n) is 5.17. The highest BCUT2D eigenvalue weighted by Crippen LogP contribution is 2.19. The Kier molecular flexibility index (Phi) is 7.37. The van der Waals surface area contributed by atoms with Crippen LogP contribution in [-0.4, -0.2) is 91.8 Å². The summed E-state index contributed by atoms with van der Waals surface area (Å²) >= 11 is 0. The van der Waals surface area contributed by atoms with E-state index in [2.05, 4.69) is 41.0 Å². The summed E-state index contributed by atoms with van der Waals surface area (Å²) in [6, 6.07) is 5.38. The van der Waals surface area contributed by atoms with Gasteiger partial charge in [0.05, 0.1) is 18.3 Å². The second-order valence-electron chi connectivity index (χ2n) is 7.60. The SMILES string of the molecule is COC[C@@H](c1ccccn1)N(C)C(=O)NCC(C)(C)N1CCN(C)CC1. The smallest absolute Gasteiger partial charge is 0.317 e. The first kappa shape index (κ1) is 20.6. The number of likely N-dealkylation sites (N-methyl/N-ethyl adjacent to an activating group) is 2. The van der Waals surface area contributed by atoms with Gasteiger partial charge in [-0.05, 0) is 33.0 Å². The van der Waals surface area contributed by atoms with Gasteiger partial charge < -0.3 is 19.9 Å². The lowest BCUT2D eigenvalue weighted by molar-refractivity contribution is 0.0609. The van der Waals surface area contributed by atoms with Gasteiger partial charge in [-0.15, -0.1) is 0 Å². The molecule has 0 radical (unpaired) electrons. The van der Waals surface area contributed by atoms with E-state index in [1.807, 2.05) is 18.2 Å². The minimum Gasteiger partial charge on any atom is -0.382 e. The van der Waals surface area contributed by atoms with Gasteiger partial charge in [0, 0.05) is 58.6 Å². The van der Waals surface area contributed by atoms with Crippen LogP contribution in [0.3, 0.4) is 0 Å². The summed E-state index contributed by atoms with van der Waals surface area (Å²) < 4.78 is 5.31. The number of rotatable bonds is 7. The van der Waals surface area contributed by atoms with Crippen molar-refractivity contribution in [1.29, 1.82) is 0 Å². The summed E-state index contributed by atoms with van der Waals surface area (Å²) in [6.45, 7) is 9.54. The van der Waals surface area contributed by atoms with Gasteiger partial charge in [-0.25, -0.2) is 4.79 Å². The van der Waals surface area contributed by atoms with Crippen molar-refractivity contribution in [2.45, 2.75) is 25.4 Å². The molecule has 1 aromatic rings. The van der Waals surface area contributed by atoms with Crippen molar-refractivity contribution < 1.29 is 9.53 Å². The summed E-state index contributed by atoms with van der Waals surface area (Å²) in [4.78, 5) is 23.5. The average Bonchev–Trinajstić information content (AvgIpc) is 2.64. The molecular formula is C19H33N5O2. The van der Waals surface area contributed by atoms with E-state index in [0.29, 0.717) is 13.2 Å². The van der Waals surface area contributed by atoms with Gasteiger partial charge in [-0.1, -0.05) is 6.07 Å². The number of nitrogens with one attached hydrogen (secondary N) is 1. The molecule has 0 bridgehead atoms. The predicted molar refractivity (Wildman–Crippen MR) is 103 cm³/mol. The summed E-state index contributed by atoms with van der Waals surface area (Å²) in [5.74, 6) is 0. The van der Waals surface area contributed by atoms with Crippen LogP contribution in [0.4, 0.5) is 4.79 Å². The molecule has 1 N–H and O–H groups in total. The molecule has 26 heavy (non-hydrogen) atoms. The van der Waals surface area contributed by atoms with Crippen molar-refractivity contribution in [3.63, 3.8) is 0 Å². The fourth-order valence-electron chi connectivity index (χ4n) is 3.21. The van der Waals surface area contributed by atoms with E-state index in [0.717, 1.165) is 31.9 Å². The molecule has 0 saturated carbocycles. The molecule has 146 valence electrons. The van der Waals surface area contributed by atoms with Crippen LogP contribution in [0.1, 0.15) is 25.6 Å². The molecule has 0 spiro atoms. The molecule has 0 unspecified atom stereocenters. The molecule has 0 aliphatic carbocycles. The van der Waals surface area contributed by atoms with Crippen molar-refractivity contribution in [2.24, 2.45) is 0 Å². The van der Waals surface area contributed by atoms with Gasteiger partial charge >= 0.3 is 6.03 Å². The van der Waals surface area contributed by atoms with E-state index >= 15 is 0 Å². The fraction of sp³-hybridized carbons (Fsp3) is 0.684. The molecule has 1 fully saturated rings. The number of hydrogen-bond donors (Lipinski definition) is 1. The van der Waals surface area contributed by atoms with E-state index in [9.17, 15) is 4.79 Å². The monoisotopic (exact) mass is 363 g/mol. The number of urea groups is 1. The summed E-state index contributed by atoms with van der Waals surface area (Å²) in [6.07, 6.45) is 1.74. The lowest BCUT2D eigenvalue weighted by atomic mass is 10.0. The van der Waals surface area contributed by atoms with Gasteiger partial charge in [0.1, 0.15) is 0 Å². The first-order chi connectivity index (χ1) is 12.3. The molecule has 1 aliphatic heterocycles. The van der Waals surface area contributed by atoms with E-state index in [4.69, 9.17) is 4.74 Å². The van der Waals surface area contributed by atoms with Crippen LogP contribution in [0.15, 0.2) is 24.4 Å². The Bertz CT molecular complexity index is 558. The van der Waals surface area contributed by atoms with Crippen LogP contribution >= 0.6 is 0 Å². The molecule has 1 atom stereocenters. The van der Waals surface area contributed by atoms with E-state index in [1.54, 1.807) is 25.3 Å². The highest BCUT2D eigenvalue weighted by atomic mass is 16.5. The first-order valence-electron chi connectivity index (χ1n) is 9.19. The van der Waals surface area contributed by atoms with Crippen LogP contribution in [0.2, 0.25) is 0 Å². The van der Waals surface area contributed by atoms with Crippen molar-refractivity contribution in [3.05, 3.63) is 30.1 Å². The number of nitrogens with zero attached hydrogens (tertiary/aromatic N) is 4. The molecule has 2 rings (SSSR count). The molecule has 7 heteroatoms. The molecule has 0 aromatic carbocycles. The second-order valence-corrected chi connectivity index (χ2v) is 7.60. The summed E-state index contributed by atoms with van der Waals surface area (Å²) in [5.41, 5.74) is 0.741. The number of methoxy groups -OCH3 is 1. The van der Waals surface area contributed by atoms with Crippen LogP contribution < -0.4 is 5.32 Å². The Morgan fingerprint density at radius 1 is 1.35 bits per heavy atom. The number of ether oxygens (including phenoxy) is 1. The minimum absolute atomic E-state index is 0.0838. The number of carbonyl (C=O) groups is 1. The normalized spacial score (nSPS) is 17.7. The largest absolute Gasteiger partial charge is 0.382 e. The zero-order valence-corrected chi connectivity index (χ0v) is 16.7. The Hall–Kier alpha value is -1.70. The van der Waals surface area contributed by atoms with E-state index in [1.165, 1.54) is 0 Å². The fourth-order valence-corrected chi connectivity index (χ4v) is 3.21. The summed E-state index contributed by atoms with van der Waals surface area (Å²) in [7, 11) is 5.57. The number of amides is 2. The van der Waals surface area contributed by atoms with Crippen molar-refractivity contribution in [2.75, 3.05) is 60.5 Å². The summed E-state index contributed by atoms with van der Waals surface area (Å²) in [5, 5.41) is 3.09. The Labute approximate surface area is 157 Å². The van der Waals surface area contributed by atoms with Crippen LogP contribution in [-0.2, 0) is 4.74 Å². The highest BCUT2D eigenvalue weighted by Gasteiger charge is 2.30. The zero-order valence-electron chi connectivity index (χ0n) is 16.7. The standard InChI is InChI=1S/C19H33N5O2/c1-19(2,24-12-10-22(3)11-13-24)15-21-18(25)23(4)17(14-26-5)16-8-6-7-9-20-16/h6-9,17H,10-15H2,1-5H3,(H,21,25)/t17-/m0/s1. The van der Waals surface area contributed by atoms with Crippen molar-refractivity contribution in [1.82, 2.24) is 25.0 Å². The van der Waals surface area contributed by atoms with Gasteiger partial charge in [0.2, 0.25) is 0 Å². The Morgan fingerprint density at radius 2 is 2.04 bits per heavy atom. The van der Waals surface area contributed by atoms with E-state index in [-0.39, 0.29) is 17.6 Å². The molecule has 2 amide bonds. The molecule has 1 aliphatic rings. The maximum absolute atomic E-state index is 12.7. The van der Waals surface area contributed by atoms with Gasteiger partial charge in [-0.2, -0.15) is 0 Å². The third kappa shape index (κ3) is 5.40. The number of pyridine rings is 1. The van der Waals surface area contributed by atoms with Crippen molar-refractivity contribution >= 4 is 6.03 Å². The molecule has 2 heterocycles. The first-order valence-corrected chi connectivity index (χ1v) is 9.19. The molecule has 7 nitrogen and oxygen atoms in total. The number of aromatic nitrogens is 1. The van der Waals surface area contributed by atoms with Gasteiger partial charge in [0.15, 0.2) is 0 Å². The molecule has 1 saturated heterocycles. The van der Waals surface area contributed by atoms with Gasteiger partial charge in [0.25, 0.3) is 0 Å². The Balaban J connectivity index is 1.94. The number of carbonyl (C=O) groups excluding carboxylic acids is 1. The number of piperazine rings is 1. The maximum atomic E-state index is 12.7. The van der Waals surface area contributed by atoms with E-state index < -0.39 is 0 Å². The average molecular weight is 364 g/mol. The lowest BCUT2D eigenvalue weighted by Crippen LogP contribution is -2.58. The zero-order chi connectivity index (χ0) is 19.2.